The number of amides is 2. The highest BCUT2D eigenvalue weighted by atomic mass is 19.1. The number of halogens is 2. The van der Waals surface area contributed by atoms with E-state index in [1.807, 2.05) is 4.90 Å². The van der Waals surface area contributed by atoms with Crippen LogP contribution < -0.4 is 5.32 Å². The van der Waals surface area contributed by atoms with Gasteiger partial charge in [0.05, 0.1) is 12.1 Å². The molecule has 0 aromatic heterocycles. The molecule has 3 aliphatic heterocycles. The predicted octanol–water partition coefficient (Wildman–Crippen LogP) is 2.12. The summed E-state index contributed by atoms with van der Waals surface area (Å²) < 4.78 is 27.1. The highest BCUT2D eigenvalue weighted by Crippen LogP contribution is 2.44. The van der Waals surface area contributed by atoms with E-state index in [9.17, 15) is 28.6 Å². The third-order valence-electron chi connectivity index (χ3n) is 8.28. The normalized spacial score (nSPS) is 30.4. The first-order chi connectivity index (χ1) is 17.3. The quantitative estimate of drug-likeness (QED) is 0.586. The van der Waals surface area contributed by atoms with Crippen LogP contribution in [0.5, 0.6) is 0 Å². The van der Waals surface area contributed by atoms with Crippen molar-refractivity contribution in [2.75, 3.05) is 13.1 Å². The standard InChI is InChI=1S/C26H30F2N4O4/c27-16-6-5-14(19(28)9-16)10-29-25(35)18-12-30-13-21-31(17-7-8-17)11-15-3-1-2-4-20(15)32(21)26(36)22(30)24(34)23(18)33/h5-6,9,12,15,17,20-21,23,33-34H,1-4,7-8,10-11,13H2,(H,29,35)/t15-,20-,21-,23?/m0/s1. The van der Waals surface area contributed by atoms with Crippen molar-refractivity contribution in [3.05, 3.63) is 58.6 Å². The van der Waals surface area contributed by atoms with Gasteiger partial charge in [0, 0.05) is 43.0 Å². The molecule has 3 N–H and O–H groups in total. The van der Waals surface area contributed by atoms with Gasteiger partial charge in [-0.1, -0.05) is 18.9 Å². The molecule has 2 saturated heterocycles. The van der Waals surface area contributed by atoms with Gasteiger partial charge in [-0.2, -0.15) is 0 Å². The van der Waals surface area contributed by atoms with E-state index in [4.69, 9.17) is 0 Å². The number of hydrogen-bond acceptors (Lipinski definition) is 6. The molecule has 0 bridgehead atoms. The van der Waals surface area contributed by atoms with E-state index < -0.39 is 29.4 Å². The molecule has 192 valence electrons. The van der Waals surface area contributed by atoms with Crippen LogP contribution in [0, 0.1) is 17.6 Å². The summed E-state index contributed by atoms with van der Waals surface area (Å²) in [5.41, 5.74) is -0.0320. The van der Waals surface area contributed by atoms with Crippen molar-refractivity contribution in [2.45, 2.75) is 69.4 Å². The molecular formula is C26H30F2N4O4. The van der Waals surface area contributed by atoms with E-state index in [-0.39, 0.29) is 41.5 Å². The number of carbonyl (C=O) groups is 2. The number of aliphatic hydroxyl groups is 2. The van der Waals surface area contributed by atoms with E-state index in [0.717, 1.165) is 57.2 Å². The van der Waals surface area contributed by atoms with Gasteiger partial charge in [-0.3, -0.25) is 14.5 Å². The fourth-order valence-electron chi connectivity index (χ4n) is 6.34. The molecule has 36 heavy (non-hydrogen) atoms. The van der Waals surface area contributed by atoms with E-state index in [2.05, 4.69) is 10.2 Å². The number of aliphatic hydroxyl groups excluding tert-OH is 2. The van der Waals surface area contributed by atoms with E-state index in [0.29, 0.717) is 18.5 Å². The average molecular weight is 501 g/mol. The second kappa shape index (κ2) is 8.85. The minimum atomic E-state index is -1.68. The topological polar surface area (TPSA) is 96.4 Å². The molecule has 4 fully saturated rings. The number of hydrogen-bond donors (Lipinski definition) is 3. The van der Waals surface area contributed by atoms with Crippen molar-refractivity contribution < 1.29 is 28.6 Å². The summed E-state index contributed by atoms with van der Waals surface area (Å²) in [7, 11) is 0. The summed E-state index contributed by atoms with van der Waals surface area (Å²) in [4.78, 5) is 32.6. The van der Waals surface area contributed by atoms with Gasteiger partial charge >= 0.3 is 0 Å². The van der Waals surface area contributed by atoms with Gasteiger partial charge in [-0.05, 0) is 37.7 Å². The lowest BCUT2D eigenvalue weighted by atomic mass is 9.80. The molecule has 2 aliphatic carbocycles. The second-order valence-electron chi connectivity index (χ2n) is 10.5. The summed E-state index contributed by atoms with van der Waals surface area (Å²) in [5.74, 6) is -2.67. The molecule has 5 aliphatic rings. The van der Waals surface area contributed by atoms with E-state index >= 15 is 0 Å². The largest absolute Gasteiger partial charge is 0.507 e. The minimum Gasteiger partial charge on any atom is -0.507 e. The molecule has 2 amide bonds. The van der Waals surface area contributed by atoms with Gasteiger partial charge in [0.1, 0.15) is 29.6 Å². The Balaban J connectivity index is 1.26. The maximum absolute atomic E-state index is 14.0. The lowest BCUT2D eigenvalue weighted by Gasteiger charge is -2.57. The van der Waals surface area contributed by atoms with E-state index in [1.165, 1.54) is 12.3 Å². The molecule has 1 aromatic carbocycles. The number of nitrogens with one attached hydrogen (secondary N) is 1. The second-order valence-corrected chi connectivity index (χ2v) is 10.5. The van der Waals surface area contributed by atoms with Gasteiger partial charge in [0.2, 0.25) is 0 Å². The average Bonchev–Trinajstić information content (AvgIpc) is 3.70. The van der Waals surface area contributed by atoms with Crippen LogP contribution in [0.4, 0.5) is 8.78 Å². The highest BCUT2D eigenvalue weighted by molar-refractivity contribution is 5.99. The van der Waals surface area contributed by atoms with Crippen molar-refractivity contribution >= 4 is 11.8 Å². The fraction of sp³-hybridized carbons (Fsp3) is 0.538. The summed E-state index contributed by atoms with van der Waals surface area (Å²) in [6.45, 7) is 1.12. The molecule has 10 heteroatoms. The SMILES string of the molecule is O=C(NCc1ccc(F)cc1F)C1=CN2C[C@H]3N(C4CC4)C[C@@H]4CCCC[C@@H]4N3C(=O)C2=C(O)C1O. The number of fused-ring (bicyclic) bond motifs is 4. The molecule has 2 saturated carbocycles. The van der Waals surface area contributed by atoms with Crippen LogP contribution in [0.2, 0.25) is 0 Å². The van der Waals surface area contributed by atoms with Crippen LogP contribution in [-0.4, -0.2) is 74.2 Å². The maximum atomic E-state index is 14.0. The van der Waals surface area contributed by atoms with Crippen LogP contribution in [0.3, 0.4) is 0 Å². The zero-order valence-electron chi connectivity index (χ0n) is 19.9. The Morgan fingerprint density at radius 3 is 2.64 bits per heavy atom. The van der Waals surface area contributed by atoms with Crippen molar-refractivity contribution in [1.29, 1.82) is 0 Å². The zero-order valence-corrected chi connectivity index (χ0v) is 19.9. The Morgan fingerprint density at radius 2 is 1.89 bits per heavy atom. The highest BCUT2D eigenvalue weighted by Gasteiger charge is 2.53. The molecule has 4 atom stereocenters. The van der Waals surface area contributed by atoms with Crippen LogP contribution in [0.25, 0.3) is 0 Å². The number of nitrogens with zero attached hydrogens (tertiary/aromatic N) is 3. The van der Waals surface area contributed by atoms with Crippen molar-refractivity contribution in [3.63, 3.8) is 0 Å². The van der Waals surface area contributed by atoms with Crippen LogP contribution in [0.1, 0.15) is 44.1 Å². The first-order valence-corrected chi connectivity index (χ1v) is 12.7. The van der Waals surface area contributed by atoms with E-state index in [1.54, 1.807) is 4.90 Å². The minimum absolute atomic E-state index is 0.0156. The summed E-state index contributed by atoms with van der Waals surface area (Å²) in [5, 5.41) is 24.2. The molecule has 1 aromatic rings. The smallest absolute Gasteiger partial charge is 0.275 e. The Labute approximate surface area is 207 Å². The van der Waals surface area contributed by atoms with Crippen molar-refractivity contribution in [3.8, 4) is 0 Å². The molecular weight excluding hydrogens is 470 g/mol. The van der Waals surface area contributed by atoms with Crippen molar-refractivity contribution in [1.82, 2.24) is 20.0 Å². The number of carbonyl (C=O) groups excluding carboxylic acids is 2. The van der Waals surface area contributed by atoms with Crippen LogP contribution in [-0.2, 0) is 16.1 Å². The van der Waals surface area contributed by atoms with Gasteiger partial charge in [0.15, 0.2) is 5.76 Å². The molecule has 3 heterocycles. The van der Waals surface area contributed by atoms with Gasteiger partial charge < -0.3 is 25.3 Å². The van der Waals surface area contributed by atoms with Crippen LogP contribution >= 0.6 is 0 Å². The first kappa shape index (κ1) is 23.4. The van der Waals surface area contributed by atoms with Crippen molar-refractivity contribution in [2.24, 2.45) is 5.92 Å². The first-order valence-electron chi connectivity index (χ1n) is 12.7. The Bertz CT molecular complexity index is 1170. The summed E-state index contributed by atoms with van der Waals surface area (Å²) in [6, 6.07) is 3.62. The lowest BCUT2D eigenvalue weighted by molar-refractivity contribution is -0.160. The van der Waals surface area contributed by atoms with Crippen LogP contribution in [0.15, 0.2) is 41.4 Å². The number of piperazine rings is 1. The van der Waals surface area contributed by atoms with Gasteiger partial charge in [-0.15, -0.1) is 0 Å². The zero-order chi connectivity index (χ0) is 25.1. The molecule has 0 radical (unpaired) electrons. The monoisotopic (exact) mass is 500 g/mol. The summed E-state index contributed by atoms with van der Waals surface area (Å²) in [6.07, 6.45) is 6.03. The number of benzene rings is 1. The Kier molecular flexibility index (Phi) is 5.75. The summed E-state index contributed by atoms with van der Waals surface area (Å²) >= 11 is 0. The number of rotatable bonds is 4. The lowest BCUT2D eigenvalue weighted by Crippen LogP contribution is -2.70. The fourth-order valence-corrected chi connectivity index (χ4v) is 6.34. The maximum Gasteiger partial charge on any atom is 0.275 e. The molecule has 6 rings (SSSR count). The predicted molar refractivity (Wildman–Crippen MR) is 125 cm³/mol. The molecule has 0 spiro atoms. The Morgan fingerprint density at radius 1 is 1.11 bits per heavy atom. The van der Waals surface area contributed by atoms with Gasteiger partial charge in [-0.25, -0.2) is 8.78 Å². The third kappa shape index (κ3) is 3.87. The molecule has 8 nitrogen and oxygen atoms in total. The Hall–Kier alpha value is -2.98. The third-order valence-corrected chi connectivity index (χ3v) is 8.28. The van der Waals surface area contributed by atoms with Gasteiger partial charge in [0.25, 0.3) is 11.8 Å². The molecule has 1 unspecified atom stereocenters.